The van der Waals surface area contributed by atoms with Crippen molar-refractivity contribution in [2.24, 2.45) is 5.14 Å². The predicted molar refractivity (Wildman–Crippen MR) is 113 cm³/mol. The third-order valence-corrected chi connectivity index (χ3v) is 7.15. The maximum Gasteiger partial charge on any atom is 0.140 e. The lowest BCUT2D eigenvalue weighted by molar-refractivity contribution is 0.0792. The van der Waals surface area contributed by atoms with Crippen molar-refractivity contribution in [1.82, 2.24) is 4.98 Å². The fourth-order valence-corrected chi connectivity index (χ4v) is 4.69. The van der Waals surface area contributed by atoms with E-state index in [0.29, 0.717) is 35.1 Å². The molecule has 1 aromatic heterocycles. The van der Waals surface area contributed by atoms with Gasteiger partial charge in [-0.15, -0.1) is 0 Å². The molecule has 0 amide bonds. The molecule has 0 saturated carbocycles. The van der Waals surface area contributed by atoms with Crippen LogP contribution >= 0.6 is 0 Å². The zero-order valence-electron chi connectivity index (χ0n) is 17.4. The number of pyridine rings is 1. The first-order chi connectivity index (χ1) is 13.7. The molecule has 1 saturated heterocycles. The summed E-state index contributed by atoms with van der Waals surface area (Å²) in [6.45, 7) is 8.83. The molecule has 3 unspecified atom stereocenters. The summed E-state index contributed by atoms with van der Waals surface area (Å²) in [6, 6.07) is 5.13. The van der Waals surface area contributed by atoms with Gasteiger partial charge in [-0.25, -0.2) is 4.39 Å². The predicted octanol–water partition coefficient (Wildman–Crippen LogP) is 4.34. The van der Waals surface area contributed by atoms with Crippen LogP contribution in [0, 0.1) is 24.1 Å². The van der Waals surface area contributed by atoms with Gasteiger partial charge in [-0.1, -0.05) is 6.92 Å². The van der Waals surface area contributed by atoms with Gasteiger partial charge in [0.15, 0.2) is 0 Å². The number of hydrogen-bond donors (Lipinski definition) is 1. The molecule has 0 bridgehead atoms. The molecule has 0 aliphatic carbocycles. The topological polar surface area (TPSA) is 95.0 Å². The molecule has 156 valence electrons. The molecule has 1 fully saturated rings. The number of nitrogens with two attached hydrogens (primary N) is 1. The Bertz CT molecular complexity index is 949. The van der Waals surface area contributed by atoms with E-state index < -0.39 is 21.9 Å². The second kappa shape index (κ2) is 8.57. The zero-order chi connectivity index (χ0) is 21.3. The van der Waals surface area contributed by atoms with Crippen LogP contribution in [0.2, 0.25) is 0 Å². The van der Waals surface area contributed by atoms with Crippen LogP contribution in [0.25, 0.3) is 10.9 Å². The number of fused-ring (bicyclic) bond motifs is 1. The molecule has 7 heteroatoms. The fourth-order valence-electron chi connectivity index (χ4n) is 4.27. The Balaban J connectivity index is 2.19. The van der Waals surface area contributed by atoms with Gasteiger partial charge in [0.25, 0.3) is 0 Å². The lowest BCUT2D eigenvalue weighted by Gasteiger charge is -2.28. The van der Waals surface area contributed by atoms with Gasteiger partial charge in [0.2, 0.25) is 0 Å². The maximum absolute atomic E-state index is 14.5. The lowest BCUT2D eigenvalue weighted by atomic mass is 9.87. The molecule has 2 aromatic rings. The van der Waals surface area contributed by atoms with Crippen molar-refractivity contribution in [2.75, 3.05) is 13.2 Å². The van der Waals surface area contributed by atoms with Crippen molar-refractivity contribution in [3.05, 3.63) is 40.3 Å². The van der Waals surface area contributed by atoms with E-state index in [1.54, 1.807) is 0 Å². The molecular formula is C22H28FN3O2S. The summed E-state index contributed by atoms with van der Waals surface area (Å²) in [5.41, 5.74) is 3.47. The number of hydrogen-bond acceptors (Lipinski definition) is 5. The second-order valence-corrected chi connectivity index (χ2v) is 10.3. The van der Waals surface area contributed by atoms with Crippen LogP contribution in [-0.4, -0.2) is 27.5 Å². The first kappa shape index (κ1) is 22.0. The summed E-state index contributed by atoms with van der Waals surface area (Å²) in [7, 11) is 0. The SMILES string of the molecule is Cc1c(C2CCCOC2)nc2c(C(C)CC(C)(C)[S+](N)[O-])cc(F)cc2c1C#N. The molecule has 1 aliphatic heterocycles. The van der Waals surface area contributed by atoms with E-state index in [4.69, 9.17) is 14.9 Å². The Labute approximate surface area is 174 Å². The van der Waals surface area contributed by atoms with Gasteiger partial charge in [0, 0.05) is 35.7 Å². The Kier molecular flexibility index (Phi) is 6.49. The van der Waals surface area contributed by atoms with Crippen LogP contribution in [-0.2, 0) is 16.1 Å². The van der Waals surface area contributed by atoms with E-state index in [1.165, 1.54) is 12.1 Å². The smallest absolute Gasteiger partial charge is 0.140 e. The van der Waals surface area contributed by atoms with Gasteiger partial charge >= 0.3 is 0 Å². The maximum atomic E-state index is 14.5. The van der Waals surface area contributed by atoms with Crippen LogP contribution in [0.1, 0.15) is 74.3 Å². The number of nitriles is 1. The van der Waals surface area contributed by atoms with Crippen molar-refractivity contribution in [1.29, 1.82) is 5.26 Å². The number of ether oxygens (including phenoxy) is 1. The van der Waals surface area contributed by atoms with Gasteiger partial charge in [-0.05, 0) is 62.8 Å². The summed E-state index contributed by atoms with van der Waals surface area (Å²) >= 11 is -1.51. The van der Waals surface area contributed by atoms with Gasteiger partial charge in [0.05, 0.1) is 23.4 Å². The highest BCUT2D eigenvalue weighted by Gasteiger charge is 2.33. The van der Waals surface area contributed by atoms with E-state index in [9.17, 15) is 14.2 Å². The van der Waals surface area contributed by atoms with Crippen molar-refractivity contribution >= 4 is 22.3 Å². The molecule has 0 spiro atoms. The highest BCUT2D eigenvalue weighted by Crippen LogP contribution is 2.37. The third kappa shape index (κ3) is 4.41. The molecule has 3 rings (SSSR count). The summed E-state index contributed by atoms with van der Waals surface area (Å²) < 4.78 is 31.4. The molecule has 29 heavy (non-hydrogen) atoms. The third-order valence-electron chi connectivity index (χ3n) is 5.90. The Morgan fingerprint density at radius 3 is 2.79 bits per heavy atom. The number of benzene rings is 1. The molecule has 5 nitrogen and oxygen atoms in total. The van der Waals surface area contributed by atoms with Gasteiger partial charge in [-0.2, -0.15) is 10.4 Å². The van der Waals surface area contributed by atoms with E-state index in [2.05, 4.69) is 6.07 Å². The molecule has 2 N–H and O–H groups in total. The van der Waals surface area contributed by atoms with Crippen LogP contribution in [0.5, 0.6) is 0 Å². The number of aromatic nitrogens is 1. The summed E-state index contributed by atoms with van der Waals surface area (Å²) in [6.07, 6.45) is 2.42. The second-order valence-electron chi connectivity index (χ2n) is 8.58. The van der Waals surface area contributed by atoms with E-state index in [0.717, 1.165) is 30.7 Å². The highest BCUT2D eigenvalue weighted by atomic mass is 32.2. The standard InChI is InChI=1S/C22H28FN3O2S/c1-13(10-22(3,4)29(25)27)17-8-16(23)9-18-19(11-24)14(2)20(26-21(17)18)15-6-5-7-28-12-15/h8-9,13,15H,5-7,10,12,25H2,1-4H3. The van der Waals surface area contributed by atoms with Crippen molar-refractivity contribution in [2.45, 2.75) is 63.5 Å². The molecular weight excluding hydrogens is 389 g/mol. The van der Waals surface area contributed by atoms with Crippen LogP contribution < -0.4 is 5.14 Å². The van der Waals surface area contributed by atoms with Gasteiger partial charge < -0.3 is 9.29 Å². The minimum Gasteiger partial charge on any atom is -0.598 e. The number of halogens is 1. The number of nitrogens with zero attached hydrogens (tertiary/aromatic N) is 2. The molecule has 2 heterocycles. The zero-order valence-corrected chi connectivity index (χ0v) is 18.2. The van der Waals surface area contributed by atoms with Crippen molar-refractivity contribution in [3.63, 3.8) is 0 Å². The normalized spacial score (nSPS) is 19.7. The largest absolute Gasteiger partial charge is 0.598 e. The first-order valence-corrected chi connectivity index (χ1v) is 11.1. The Morgan fingerprint density at radius 1 is 1.48 bits per heavy atom. The molecule has 1 aliphatic rings. The average Bonchev–Trinajstić information content (AvgIpc) is 2.67. The minimum atomic E-state index is -1.51. The summed E-state index contributed by atoms with van der Waals surface area (Å²) in [5, 5.41) is 16.0. The van der Waals surface area contributed by atoms with Crippen LogP contribution in [0.3, 0.4) is 0 Å². The summed E-state index contributed by atoms with van der Waals surface area (Å²) in [4.78, 5) is 4.94. The van der Waals surface area contributed by atoms with Crippen LogP contribution in [0.4, 0.5) is 4.39 Å². The van der Waals surface area contributed by atoms with Crippen molar-refractivity contribution < 1.29 is 13.7 Å². The quantitative estimate of drug-likeness (QED) is 0.730. The Hall–Kier alpha value is -1.72. The van der Waals surface area contributed by atoms with Gasteiger partial charge in [0.1, 0.15) is 16.6 Å². The van der Waals surface area contributed by atoms with Crippen molar-refractivity contribution in [3.8, 4) is 6.07 Å². The Morgan fingerprint density at radius 2 is 2.21 bits per heavy atom. The molecule has 1 aromatic carbocycles. The van der Waals surface area contributed by atoms with E-state index in [1.807, 2.05) is 27.7 Å². The molecule has 3 atom stereocenters. The average molecular weight is 418 g/mol. The lowest BCUT2D eigenvalue weighted by Crippen LogP contribution is -2.38. The fraction of sp³-hybridized carbons (Fsp3) is 0.545. The first-order valence-electron chi connectivity index (χ1n) is 9.93. The monoisotopic (exact) mass is 417 g/mol. The molecule has 0 radical (unpaired) electrons. The highest BCUT2D eigenvalue weighted by molar-refractivity contribution is 7.90. The van der Waals surface area contributed by atoms with E-state index >= 15 is 0 Å². The van der Waals surface area contributed by atoms with E-state index in [-0.39, 0.29) is 11.8 Å². The van der Waals surface area contributed by atoms with Crippen LogP contribution in [0.15, 0.2) is 12.1 Å². The summed E-state index contributed by atoms with van der Waals surface area (Å²) in [5.74, 6) is -0.410. The number of rotatable bonds is 5. The minimum absolute atomic E-state index is 0.126. The van der Waals surface area contributed by atoms with Gasteiger partial charge in [-0.3, -0.25) is 4.98 Å².